The van der Waals surface area contributed by atoms with E-state index in [2.05, 4.69) is 44.9 Å². The Hall–Kier alpha value is -4.44. The fourth-order valence-corrected chi connectivity index (χ4v) is 5.52. The standard InChI is InChI=1S/C31H34N6O4/c1-20-9-10-23-24(6-2-8-26(23)34-17-21-12-16-40-19-21)28(20)41-29-25(7-3-13-32-29)27-11-14-33-30(36-27)35-22-5-4-15-37(18-22)31(38)39/h2-3,6-11,13-14,21-22,34H,4-5,12,15-19H2,1H3,(H,38,39)(H,33,35,36)/t21-,22-/m0/s1. The van der Waals surface area contributed by atoms with Gasteiger partial charge < -0.3 is 30.1 Å². The summed E-state index contributed by atoms with van der Waals surface area (Å²) in [5.74, 6) is 2.16. The first-order valence-corrected chi connectivity index (χ1v) is 14.1. The van der Waals surface area contributed by atoms with Crippen molar-refractivity contribution in [2.75, 3.05) is 43.5 Å². The molecule has 0 bridgehead atoms. The number of ether oxygens (including phenoxy) is 2. The van der Waals surface area contributed by atoms with Crippen molar-refractivity contribution in [3.63, 3.8) is 0 Å². The number of amides is 1. The average molecular weight is 555 g/mol. The Kier molecular flexibility index (Phi) is 7.82. The maximum absolute atomic E-state index is 11.4. The van der Waals surface area contributed by atoms with Gasteiger partial charge in [0.15, 0.2) is 0 Å². The molecule has 2 fully saturated rings. The molecule has 0 unspecified atom stereocenters. The van der Waals surface area contributed by atoms with Gasteiger partial charge in [-0.2, -0.15) is 0 Å². The normalized spacial score (nSPS) is 18.8. The van der Waals surface area contributed by atoms with E-state index < -0.39 is 6.09 Å². The van der Waals surface area contributed by atoms with E-state index in [0.717, 1.165) is 72.4 Å². The van der Waals surface area contributed by atoms with Crippen LogP contribution in [0, 0.1) is 12.8 Å². The van der Waals surface area contributed by atoms with Gasteiger partial charge in [-0.05, 0) is 56.0 Å². The molecule has 0 spiro atoms. The first-order chi connectivity index (χ1) is 20.0. The van der Waals surface area contributed by atoms with E-state index in [1.807, 2.05) is 31.2 Å². The van der Waals surface area contributed by atoms with Gasteiger partial charge in [0.2, 0.25) is 11.8 Å². The number of hydrogen-bond acceptors (Lipinski definition) is 8. The minimum absolute atomic E-state index is 0.0537. The number of piperidine rings is 1. The summed E-state index contributed by atoms with van der Waals surface area (Å²) in [6.07, 6.45) is 5.22. The highest BCUT2D eigenvalue weighted by Gasteiger charge is 2.24. The number of nitrogens with zero attached hydrogens (tertiary/aromatic N) is 4. The van der Waals surface area contributed by atoms with Gasteiger partial charge in [-0.25, -0.2) is 19.7 Å². The van der Waals surface area contributed by atoms with Gasteiger partial charge in [-0.15, -0.1) is 0 Å². The first kappa shape index (κ1) is 26.8. The minimum atomic E-state index is -0.904. The topological polar surface area (TPSA) is 122 Å². The molecule has 1 amide bonds. The number of fused-ring (bicyclic) bond motifs is 1. The number of anilines is 2. The number of rotatable bonds is 8. The lowest BCUT2D eigenvalue weighted by Crippen LogP contribution is -2.44. The van der Waals surface area contributed by atoms with E-state index >= 15 is 0 Å². The number of carbonyl (C=O) groups is 1. The van der Waals surface area contributed by atoms with E-state index in [9.17, 15) is 9.90 Å². The Balaban J connectivity index is 1.26. The monoisotopic (exact) mass is 554 g/mol. The number of aryl methyl sites for hydroxylation is 1. The van der Waals surface area contributed by atoms with E-state index in [-0.39, 0.29) is 6.04 Å². The van der Waals surface area contributed by atoms with E-state index in [1.165, 1.54) is 4.90 Å². The molecule has 0 saturated carbocycles. The van der Waals surface area contributed by atoms with Gasteiger partial charge in [0, 0.05) is 67.1 Å². The van der Waals surface area contributed by atoms with Crippen molar-refractivity contribution < 1.29 is 19.4 Å². The third-order valence-electron chi connectivity index (χ3n) is 7.74. The summed E-state index contributed by atoms with van der Waals surface area (Å²) in [4.78, 5) is 26.6. The zero-order valence-electron chi connectivity index (χ0n) is 23.0. The van der Waals surface area contributed by atoms with Crippen LogP contribution >= 0.6 is 0 Å². The lowest BCUT2D eigenvalue weighted by molar-refractivity contribution is 0.132. The highest BCUT2D eigenvalue weighted by molar-refractivity contribution is 5.98. The molecule has 2 aromatic carbocycles. The van der Waals surface area contributed by atoms with Crippen LogP contribution in [0.1, 0.15) is 24.8 Å². The zero-order valence-corrected chi connectivity index (χ0v) is 23.0. The number of likely N-dealkylation sites (tertiary alicyclic amines) is 1. The molecule has 212 valence electrons. The van der Waals surface area contributed by atoms with Gasteiger partial charge >= 0.3 is 6.09 Å². The first-order valence-electron chi connectivity index (χ1n) is 14.1. The molecule has 4 heterocycles. The highest BCUT2D eigenvalue weighted by atomic mass is 16.5. The fraction of sp³-hybridized carbons (Fsp3) is 0.355. The maximum atomic E-state index is 11.4. The van der Waals surface area contributed by atoms with E-state index in [4.69, 9.17) is 14.5 Å². The highest BCUT2D eigenvalue weighted by Crippen LogP contribution is 2.38. The molecular formula is C31H34N6O4. The summed E-state index contributed by atoms with van der Waals surface area (Å²) in [6.45, 7) is 5.48. The molecule has 41 heavy (non-hydrogen) atoms. The Bertz CT molecular complexity index is 1540. The Labute approximate surface area is 238 Å². The third-order valence-corrected chi connectivity index (χ3v) is 7.74. The van der Waals surface area contributed by atoms with Crippen LogP contribution in [0.4, 0.5) is 16.4 Å². The van der Waals surface area contributed by atoms with E-state index in [1.54, 1.807) is 12.4 Å². The van der Waals surface area contributed by atoms with Crippen LogP contribution in [0.5, 0.6) is 11.6 Å². The lowest BCUT2D eigenvalue weighted by atomic mass is 10.0. The van der Waals surface area contributed by atoms with Crippen molar-refractivity contribution in [2.45, 2.75) is 32.2 Å². The second kappa shape index (κ2) is 12.0. The van der Waals surface area contributed by atoms with Gasteiger partial charge in [-0.3, -0.25) is 0 Å². The molecule has 10 nitrogen and oxygen atoms in total. The van der Waals surface area contributed by atoms with Gasteiger partial charge in [-0.1, -0.05) is 24.3 Å². The molecule has 3 N–H and O–H groups in total. The zero-order chi connectivity index (χ0) is 28.2. The largest absolute Gasteiger partial charge is 0.465 e. The summed E-state index contributed by atoms with van der Waals surface area (Å²) >= 11 is 0. The number of pyridine rings is 1. The Morgan fingerprint density at radius 2 is 2.02 bits per heavy atom. The Morgan fingerprint density at radius 3 is 2.88 bits per heavy atom. The van der Waals surface area contributed by atoms with Gasteiger partial charge in [0.1, 0.15) is 5.75 Å². The van der Waals surface area contributed by atoms with Crippen LogP contribution in [-0.4, -0.2) is 69.9 Å². The van der Waals surface area contributed by atoms with Crippen LogP contribution in [0.15, 0.2) is 60.9 Å². The molecule has 4 aromatic rings. The smallest absolute Gasteiger partial charge is 0.407 e. The predicted octanol–water partition coefficient (Wildman–Crippen LogP) is 5.80. The number of aromatic nitrogens is 3. The number of hydrogen-bond donors (Lipinski definition) is 3. The number of nitrogens with one attached hydrogen (secondary N) is 2. The van der Waals surface area contributed by atoms with Crippen molar-refractivity contribution in [1.82, 2.24) is 19.9 Å². The predicted molar refractivity (Wildman–Crippen MR) is 158 cm³/mol. The summed E-state index contributed by atoms with van der Waals surface area (Å²) in [5, 5.41) is 18.4. The van der Waals surface area contributed by atoms with Crippen molar-refractivity contribution in [3.8, 4) is 22.9 Å². The third kappa shape index (κ3) is 6.02. The van der Waals surface area contributed by atoms with Crippen LogP contribution in [0.25, 0.3) is 22.0 Å². The molecule has 0 aliphatic carbocycles. The molecule has 6 rings (SSSR count). The average Bonchev–Trinajstić information content (AvgIpc) is 3.52. The molecule has 2 saturated heterocycles. The van der Waals surface area contributed by atoms with Gasteiger partial charge in [0.05, 0.1) is 17.9 Å². The second-order valence-corrected chi connectivity index (χ2v) is 10.7. The van der Waals surface area contributed by atoms with Crippen LogP contribution < -0.4 is 15.4 Å². The van der Waals surface area contributed by atoms with Gasteiger partial charge in [0.25, 0.3) is 0 Å². The molecule has 2 aliphatic rings. The molecule has 2 aliphatic heterocycles. The molecule has 2 aromatic heterocycles. The second-order valence-electron chi connectivity index (χ2n) is 10.7. The number of benzene rings is 2. The minimum Gasteiger partial charge on any atom is -0.465 e. The van der Waals surface area contributed by atoms with Crippen molar-refractivity contribution >= 4 is 28.5 Å². The lowest BCUT2D eigenvalue weighted by Gasteiger charge is -2.31. The fourth-order valence-electron chi connectivity index (χ4n) is 5.52. The summed E-state index contributed by atoms with van der Waals surface area (Å²) in [6, 6.07) is 16.0. The maximum Gasteiger partial charge on any atom is 0.407 e. The summed E-state index contributed by atoms with van der Waals surface area (Å²) in [5.41, 5.74) is 3.47. The molecule has 10 heteroatoms. The SMILES string of the molecule is Cc1ccc2c(NC[C@@H]3CCOC3)cccc2c1Oc1ncccc1-c1ccnc(N[C@H]2CCCN(C(=O)O)C2)n1. The van der Waals surface area contributed by atoms with E-state index in [0.29, 0.717) is 36.5 Å². The quantitative estimate of drug-likeness (QED) is 0.248. The van der Waals surface area contributed by atoms with Crippen LogP contribution in [0.2, 0.25) is 0 Å². The number of carboxylic acid groups (broad SMARTS) is 1. The van der Waals surface area contributed by atoms with Crippen molar-refractivity contribution in [2.24, 2.45) is 5.92 Å². The Morgan fingerprint density at radius 1 is 1.10 bits per heavy atom. The van der Waals surface area contributed by atoms with Crippen molar-refractivity contribution in [1.29, 1.82) is 0 Å². The summed E-state index contributed by atoms with van der Waals surface area (Å²) in [7, 11) is 0. The van der Waals surface area contributed by atoms with Crippen LogP contribution in [-0.2, 0) is 4.74 Å². The molecule has 0 radical (unpaired) electrons. The summed E-state index contributed by atoms with van der Waals surface area (Å²) < 4.78 is 12.1. The molecule has 2 atom stereocenters. The van der Waals surface area contributed by atoms with Crippen molar-refractivity contribution in [3.05, 3.63) is 66.5 Å². The molecular weight excluding hydrogens is 520 g/mol. The van der Waals surface area contributed by atoms with Crippen LogP contribution in [0.3, 0.4) is 0 Å².